The second-order valence-electron chi connectivity index (χ2n) is 10.0. The van der Waals surface area contributed by atoms with Gasteiger partial charge in [0, 0.05) is 6.54 Å². The predicted octanol–water partition coefficient (Wildman–Crippen LogP) is 6.16. The lowest BCUT2D eigenvalue weighted by molar-refractivity contribution is 0.792. The van der Waals surface area contributed by atoms with Crippen molar-refractivity contribution < 1.29 is 0 Å². The third kappa shape index (κ3) is 3.31. The summed E-state index contributed by atoms with van der Waals surface area (Å²) < 4.78 is 0. The van der Waals surface area contributed by atoms with Gasteiger partial charge in [-0.15, -0.1) is 0 Å². The summed E-state index contributed by atoms with van der Waals surface area (Å²) in [6.07, 6.45) is 2.46. The van der Waals surface area contributed by atoms with Gasteiger partial charge in [0.25, 0.3) is 5.52 Å². The van der Waals surface area contributed by atoms with Crippen LogP contribution < -0.4 is 31.4 Å². The lowest BCUT2D eigenvalue weighted by atomic mass is 10.3. The summed E-state index contributed by atoms with van der Waals surface area (Å²) in [6.45, 7) is 1.12. The van der Waals surface area contributed by atoms with Gasteiger partial charge in [-0.05, 0) is 67.1 Å². The van der Waals surface area contributed by atoms with Crippen molar-refractivity contribution in [3.63, 3.8) is 0 Å². The molecule has 5 aromatic carbocycles. The van der Waals surface area contributed by atoms with E-state index in [4.69, 9.17) is 0 Å². The lowest BCUT2D eigenvalue weighted by Gasteiger charge is -2.44. The van der Waals surface area contributed by atoms with E-state index in [1.165, 1.54) is 28.9 Å². The molecular weight excluding hydrogens is 484 g/mol. The van der Waals surface area contributed by atoms with Crippen LogP contribution in [0.5, 0.6) is 0 Å². The zero-order valence-corrected chi connectivity index (χ0v) is 22.7. The molecular formula is C34H31NP2+2. The molecule has 1 fully saturated rings. The second-order valence-corrected chi connectivity index (χ2v) is 17.6. The van der Waals surface area contributed by atoms with Gasteiger partial charge in [-0.1, -0.05) is 84.9 Å². The summed E-state index contributed by atoms with van der Waals surface area (Å²) in [4.78, 5) is 2.85. The summed E-state index contributed by atoms with van der Waals surface area (Å²) in [7, 11) is -3.91. The van der Waals surface area contributed by atoms with E-state index in [0.717, 1.165) is 6.54 Å². The summed E-state index contributed by atoms with van der Waals surface area (Å²) in [6, 6.07) is 55.4. The van der Waals surface area contributed by atoms with E-state index in [-0.39, 0.29) is 0 Å². The highest BCUT2D eigenvalue weighted by Gasteiger charge is 2.74. The molecule has 0 bridgehead atoms. The average molecular weight is 516 g/mol. The molecule has 3 heteroatoms. The molecule has 0 saturated carbocycles. The van der Waals surface area contributed by atoms with Crippen LogP contribution in [0.1, 0.15) is 6.42 Å². The molecule has 0 aliphatic carbocycles. The van der Waals surface area contributed by atoms with Gasteiger partial charge in [0.15, 0.2) is 7.26 Å². The van der Waals surface area contributed by atoms with E-state index < -0.39 is 14.5 Å². The summed E-state index contributed by atoms with van der Waals surface area (Å²) in [5.74, 6) is 0. The Morgan fingerprint density at radius 1 is 0.486 bits per heavy atom. The van der Waals surface area contributed by atoms with E-state index in [9.17, 15) is 0 Å². The van der Waals surface area contributed by atoms with Crippen LogP contribution >= 0.6 is 14.5 Å². The van der Waals surface area contributed by atoms with Crippen LogP contribution in [0.25, 0.3) is 0 Å². The molecule has 0 spiro atoms. The minimum atomic E-state index is -2.05. The van der Waals surface area contributed by atoms with Crippen LogP contribution in [0, 0.1) is 0 Å². The number of fused-ring (bicyclic) bond motifs is 3. The molecule has 5 aromatic rings. The van der Waals surface area contributed by atoms with Crippen molar-refractivity contribution in [3.8, 4) is 0 Å². The van der Waals surface area contributed by atoms with Crippen LogP contribution in [0.2, 0.25) is 0 Å². The molecule has 2 aliphatic heterocycles. The summed E-state index contributed by atoms with van der Waals surface area (Å²) in [5, 5.41) is 7.63. The normalized spacial score (nSPS) is 19.1. The fourth-order valence-corrected chi connectivity index (χ4v) is 20.4. The van der Waals surface area contributed by atoms with Gasteiger partial charge in [-0.25, -0.2) is 0 Å². The van der Waals surface area contributed by atoms with Gasteiger partial charge in [-0.3, -0.25) is 0 Å². The lowest BCUT2D eigenvalue weighted by Crippen LogP contribution is -2.51. The van der Waals surface area contributed by atoms with Crippen LogP contribution in [0.15, 0.2) is 146 Å². The molecule has 1 atom stereocenters. The van der Waals surface area contributed by atoms with Crippen molar-refractivity contribution in [2.24, 2.45) is 0 Å². The largest absolute Gasteiger partial charge is 0.301 e. The summed E-state index contributed by atoms with van der Waals surface area (Å²) in [5.41, 5.74) is 1.85. The maximum absolute atomic E-state index is 2.85. The Morgan fingerprint density at radius 3 is 1.43 bits per heavy atom. The number of hydrogen-bond acceptors (Lipinski definition) is 1. The van der Waals surface area contributed by atoms with Crippen molar-refractivity contribution in [2.75, 3.05) is 17.6 Å². The van der Waals surface area contributed by atoms with Crippen LogP contribution in [0.3, 0.4) is 0 Å². The quantitative estimate of drug-likeness (QED) is 0.259. The first-order chi connectivity index (χ1) is 18.4. The standard InChI is InChI=1S/C34H31NP2/c1-5-16-28(17-6-1)36(29-18-7-2-8-19-29)27-15-26-35-32-24-13-14-25-33(32)37(34(35)36,30-20-9-3-10-21-30)31-22-11-4-12-23-31/h1-14,16-25,34H,15,26-27H2/q+2/t34-/m0/s1. The summed E-state index contributed by atoms with van der Waals surface area (Å²) >= 11 is 0. The molecule has 2 heterocycles. The van der Waals surface area contributed by atoms with E-state index in [2.05, 4.69) is 150 Å². The third-order valence-corrected chi connectivity index (χ3v) is 19.3. The van der Waals surface area contributed by atoms with Crippen molar-refractivity contribution in [1.82, 2.24) is 0 Å². The Kier molecular flexibility index (Phi) is 5.73. The van der Waals surface area contributed by atoms with Gasteiger partial charge < -0.3 is 4.90 Å². The predicted molar refractivity (Wildman–Crippen MR) is 165 cm³/mol. The average Bonchev–Trinajstić information content (AvgIpc) is 3.31. The molecule has 0 N–H and O–H groups in total. The monoisotopic (exact) mass is 515 g/mol. The van der Waals surface area contributed by atoms with Crippen molar-refractivity contribution in [2.45, 2.75) is 11.9 Å². The highest BCUT2D eigenvalue weighted by molar-refractivity contribution is 8.09. The molecule has 7 rings (SSSR count). The smallest absolute Gasteiger partial charge is 0.264 e. The van der Waals surface area contributed by atoms with E-state index in [0.29, 0.717) is 5.52 Å². The SMILES string of the molecule is c1ccc([P+]2(c3ccccc3)CCCN3c4ccccc4[P+](c4ccccc4)(c4ccccc4)[C@@H]32)cc1. The first-order valence-electron chi connectivity index (χ1n) is 13.2. The van der Waals surface area contributed by atoms with Crippen LogP contribution in [-0.2, 0) is 0 Å². The fraction of sp³-hybridized carbons (Fsp3) is 0.118. The van der Waals surface area contributed by atoms with E-state index >= 15 is 0 Å². The molecule has 1 nitrogen and oxygen atoms in total. The minimum Gasteiger partial charge on any atom is -0.301 e. The maximum Gasteiger partial charge on any atom is 0.264 e. The number of nitrogens with zero attached hydrogens (tertiary/aromatic N) is 1. The van der Waals surface area contributed by atoms with E-state index in [1.807, 2.05) is 0 Å². The Morgan fingerprint density at radius 2 is 0.919 bits per heavy atom. The number of rotatable bonds is 4. The number of benzene rings is 5. The number of para-hydroxylation sites is 1. The van der Waals surface area contributed by atoms with Gasteiger partial charge >= 0.3 is 0 Å². The highest BCUT2D eigenvalue weighted by atomic mass is 31.2. The zero-order valence-electron chi connectivity index (χ0n) is 20.9. The van der Waals surface area contributed by atoms with Gasteiger partial charge in [-0.2, -0.15) is 0 Å². The Balaban J connectivity index is 1.65. The van der Waals surface area contributed by atoms with Crippen molar-refractivity contribution in [1.29, 1.82) is 0 Å². The molecule has 1 saturated heterocycles. The van der Waals surface area contributed by atoms with E-state index in [1.54, 1.807) is 15.9 Å². The fourth-order valence-electron chi connectivity index (χ4n) is 6.92. The van der Waals surface area contributed by atoms with Crippen molar-refractivity contribution in [3.05, 3.63) is 146 Å². The number of hydrogen-bond donors (Lipinski definition) is 0. The number of anilines is 1. The topological polar surface area (TPSA) is 3.24 Å². The van der Waals surface area contributed by atoms with Crippen LogP contribution in [0.4, 0.5) is 5.69 Å². The second kappa shape index (κ2) is 9.25. The van der Waals surface area contributed by atoms with Crippen LogP contribution in [-0.4, -0.2) is 18.2 Å². The Bertz CT molecular complexity index is 1420. The molecule has 0 radical (unpaired) electrons. The first-order valence-corrected chi connectivity index (χ1v) is 17.1. The minimum absolute atomic E-state index is 0.403. The molecule has 180 valence electrons. The molecule has 0 unspecified atom stereocenters. The molecule has 0 aromatic heterocycles. The molecule has 37 heavy (non-hydrogen) atoms. The van der Waals surface area contributed by atoms with Gasteiger partial charge in [0.2, 0.25) is 0 Å². The van der Waals surface area contributed by atoms with Crippen molar-refractivity contribution >= 4 is 46.7 Å². The molecule has 2 aliphatic rings. The zero-order chi connectivity index (χ0) is 24.7. The maximum atomic E-state index is 2.85. The first kappa shape index (κ1) is 22.9. The molecule has 0 amide bonds. The highest BCUT2D eigenvalue weighted by Crippen LogP contribution is 2.82. The van der Waals surface area contributed by atoms with Gasteiger partial charge in [0.05, 0.1) is 11.8 Å². The van der Waals surface area contributed by atoms with Gasteiger partial charge in [0.1, 0.15) is 33.8 Å². The Labute approximate surface area is 221 Å². The third-order valence-electron chi connectivity index (χ3n) is 8.26. The Hall–Kier alpha value is -3.24.